The van der Waals surface area contributed by atoms with E-state index in [-0.39, 0.29) is 17.2 Å². The van der Waals surface area contributed by atoms with Crippen molar-refractivity contribution in [3.05, 3.63) is 24.3 Å². The zero-order chi connectivity index (χ0) is 18.3. The summed E-state index contributed by atoms with van der Waals surface area (Å²) in [6, 6.07) is 6.36. The largest absolute Gasteiger partial charge is 0.381 e. The fraction of sp³-hybridized carbons (Fsp3) is 0.611. The lowest BCUT2D eigenvalue weighted by Gasteiger charge is -2.25. The number of benzene rings is 1. The van der Waals surface area contributed by atoms with Crippen molar-refractivity contribution in [1.29, 1.82) is 0 Å². The van der Waals surface area contributed by atoms with Crippen LogP contribution in [0.1, 0.15) is 39.5 Å². The van der Waals surface area contributed by atoms with E-state index in [2.05, 4.69) is 19.2 Å². The van der Waals surface area contributed by atoms with Gasteiger partial charge in [-0.25, -0.2) is 8.42 Å². The number of anilines is 1. The van der Waals surface area contributed by atoms with Crippen LogP contribution >= 0.6 is 0 Å². The molecule has 1 saturated heterocycles. The van der Waals surface area contributed by atoms with E-state index < -0.39 is 10.0 Å². The molecule has 7 heteroatoms. The van der Waals surface area contributed by atoms with Crippen LogP contribution in [0.25, 0.3) is 0 Å². The summed E-state index contributed by atoms with van der Waals surface area (Å²) < 4.78 is 32.1. The van der Waals surface area contributed by atoms with Crippen LogP contribution in [0.2, 0.25) is 0 Å². The highest BCUT2D eigenvalue weighted by molar-refractivity contribution is 7.89. The number of nitrogens with zero attached hydrogens (tertiary/aromatic N) is 1. The minimum absolute atomic E-state index is 0.143. The normalized spacial score (nSPS) is 16.1. The summed E-state index contributed by atoms with van der Waals surface area (Å²) in [5.74, 6) is 0.299. The molecule has 0 saturated carbocycles. The van der Waals surface area contributed by atoms with Gasteiger partial charge in [-0.3, -0.25) is 4.79 Å². The smallest absolute Gasteiger partial charge is 0.243 e. The average Bonchev–Trinajstić information content (AvgIpc) is 2.60. The van der Waals surface area contributed by atoms with E-state index >= 15 is 0 Å². The number of carbonyl (C=O) groups is 1. The Balaban J connectivity index is 1.87. The van der Waals surface area contributed by atoms with E-state index in [1.807, 2.05) is 0 Å². The van der Waals surface area contributed by atoms with Crippen molar-refractivity contribution < 1.29 is 17.9 Å². The van der Waals surface area contributed by atoms with Crippen molar-refractivity contribution in [3.8, 4) is 0 Å². The maximum absolute atomic E-state index is 12.6. The first-order valence-electron chi connectivity index (χ1n) is 8.87. The summed E-state index contributed by atoms with van der Waals surface area (Å²) in [4.78, 5) is 12.1. The number of hydrogen-bond acceptors (Lipinski definition) is 4. The van der Waals surface area contributed by atoms with E-state index in [4.69, 9.17) is 4.74 Å². The van der Waals surface area contributed by atoms with Gasteiger partial charge in [0.25, 0.3) is 0 Å². The van der Waals surface area contributed by atoms with Crippen LogP contribution in [-0.2, 0) is 19.6 Å². The third-order valence-corrected chi connectivity index (χ3v) is 5.93. The maximum Gasteiger partial charge on any atom is 0.243 e. The highest BCUT2D eigenvalue weighted by Gasteiger charge is 2.25. The van der Waals surface area contributed by atoms with Gasteiger partial charge in [0.2, 0.25) is 15.9 Å². The first-order chi connectivity index (χ1) is 11.9. The predicted octanol–water partition coefficient (Wildman–Crippen LogP) is 2.86. The number of rotatable bonds is 8. The van der Waals surface area contributed by atoms with E-state index in [9.17, 15) is 13.2 Å². The lowest BCUT2D eigenvalue weighted by molar-refractivity contribution is -0.117. The van der Waals surface area contributed by atoms with Gasteiger partial charge in [-0.1, -0.05) is 20.3 Å². The molecule has 1 fully saturated rings. The van der Waals surface area contributed by atoms with Gasteiger partial charge in [0.05, 0.1) is 17.9 Å². The third-order valence-electron chi connectivity index (χ3n) is 4.02. The molecule has 6 nitrogen and oxygen atoms in total. The molecule has 140 valence electrons. The molecule has 1 aromatic rings. The molecule has 0 radical (unpaired) electrons. The summed E-state index contributed by atoms with van der Waals surface area (Å²) in [5, 5.41) is 2.76. The molecule has 0 spiro atoms. The monoisotopic (exact) mass is 368 g/mol. The van der Waals surface area contributed by atoms with Crippen LogP contribution in [0.5, 0.6) is 0 Å². The van der Waals surface area contributed by atoms with Crippen molar-refractivity contribution in [2.45, 2.75) is 44.4 Å². The molecular formula is C18H28N2O4S. The van der Waals surface area contributed by atoms with Crippen LogP contribution in [0, 0.1) is 5.92 Å². The molecule has 2 rings (SSSR count). The second-order valence-electron chi connectivity index (χ2n) is 6.76. The minimum atomic E-state index is -3.43. The van der Waals surface area contributed by atoms with Gasteiger partial charge < -0.3 is 10.1 Å². The third kappa shape index (κ3) is 6.09. The van der Waals surface area contributed by atoms with E-state index in [1.54, 1.807) is 24.3 Å². The van der Waals surface area contributed by atoms with Crippen molar-refractivity contribution in [1.82, 2.24) is 4.31 Å². The molecule has 0 bridgehead atoms. The fourth-order valence-corrected chi connectivity index (χ4v) is 4.19. The Kier molecular flexibility index (Phi) is 7.40. The van der Waals surface area contributed by atoms with Gasteiger partial charge >= 0.3 is 0 Å². The van der Waals surface area contributed by atoms with Gasteiger partial charge in [-0.2, -0.15) is 4.31 Å². The molecule has 1 amide bonds. The molecule has 1 heterocycles. The molecule has 1 aromatic carbocycles. The standard InChI is InChI=1S/C18H28N2O4S/c1-15(2)14-24-13-10-18(21)19-16-6-8-17(9-7-16)25(22,23)20-11-4-3-5-12-20/h6-9,15H,3-5,10-14H2,1-2H3,(H,19,21). The van der Waals surface area contributed by atoms with Gasteiger partial charge in [-0.15, -0.1) is 0 Å². The second-order valence-corrected chi connectivity index (χ2v) is 8.69. The fourth-order valence-electron chi connectivity index (χ4n) is 2.67. The molecule has 0 atom stereocenters. The first kappa shape index (κ1) is 19.9. The molecule has 25 heavy (non-hydrogen) atoms. The lowest BCUT2D eigenvalue weighted by atomic mass is 10.2. The van der Waals surface area contributed by atoms with Crippen molar-refractivity contribution >= 4 is 21.6 Å². The van der Waals surface area contributed by atoms with Crippen LogP contribution < -0.4 is 5.32 Å². The van der Waals surface area contributed by atoms with E-state index in [0.29, 0.717) is 37.9 Å². The molecule has 0 aromatic heterocycles. The molecule has 1 aliphatic heterocycles. The number of ether oxygens (including phenoxy) is 1. The summed E-state index contributed by atoms with van der Waals surface area (Å²) in [6.07, 6.45) is 3.18. The minimum Gasteiger partial charge on any atom is -0.381 e. The zero-order valence-electron chi connectivity index (χ0n) is 15.0. The van der Waals surface area contributed by atoms with Crippen molar-refractivity contribution in [3.63, 3.8) is 0 Å². The number of nitrogens with one attached hydrogen (secondary N) is 1. The summed E-state index contributed by atoms with van der Waals surface area (Å²) in [6.45, 7) is 6.29. The van der Waals surface area contributed by atoms with Crippen LogP contribution in [0.15, 0.2) is 29.2 Å². The zero-order valence-corrected chi connectivity index (χ0v) is 15.8. The Morgan fingerprint density at radius 2 is 1.80 bits per heavy atom. The number of amides is 1. The number of piperidine rings is 1. The topological polar surface area (TPSA) is 75.7 Å². The lowest BCUT2D eigenvalue weighted by Crippen LogP contribution is -2.35. The Morgan fingerprint density at radius 1 is 1.16 bits per heavy atom. The second kappa shape index (κ2) is 9.31. The van der Waals surface area contributed by atoms with Crippen molar-refractivity contribution in [2.75, 3.05) is 31.6 Å². The maximum atomic E-state index is 12.6. The highest BCUT2D eigenvalue weighted by Crippen LogP contribution is 2.22. The Hall–Kier alpha value is -1.44. The number of sulfonamides is 1. The number of carbonyl (C=O) groups excluding carboxylic acids is 1. The van der Waals surface area contributed by atoms with Crippen molar-refractivity contribution in [2.24, 2.45) is 5.92 Å². The average molecular weight is 368 g/mol. The van der Waals surface area contributed by atoms with Gasteiger partial charge in [0.1, 0.15) is 0 Å². The van der Waals surface area contributed by atoms with Crippen LogP contribution in [-0.4, -0.2) is 44.9 Å². The highest BCUT2D eigenvalue weighted by atomic mass is 32.2. The molecule has 0 unspecified atom stereocenters. The predicted molar refractivity (Wildman–Crippen MR) is 98.0 cm³/mol. The van der Waals surface area contributed by atoms with Gasteiger partial charge in [0.15, 0.2) is 0 Å². The van der Waals surface area contributed by atoms with Gasteiger partial charge in [-0.05, 0) is 43.0 Å². The Morgan fingerprint density at radius 3 is 2.40 bits per heavy atom. The summed E-state index contributed by atoms with van der Waals surface area (Å²) in [5.41, 5.74) is 0.589. The Bertz CT molecular complexity index is 650. The summed E-state index contributed by atoms with van der Waals surface area (Å²) in [7, 11) is -3.43. The Labute approximate surface area is 150 Å². The summed E-state index contributed by atoms with van der Waals surface area (Å²) >= 11 is 0. The molecule has 1 N–H and O–H groups in total. The first-order valence-corrected chi connectivity index (χ1v) is 10.3. The van der Waals surface area contributed by atoms with E-state index in [0.717, 1.165) is 19.3 Å². The molecule has 1 aliphatic rings. The molecule has 0 aliphatic carbocycles. The quantitative estimate of drug-likeness (QED) is 0.716. The van der Waals surface area contributed by atoms with E-state index in [1.165, 1.54) is 4.31 Å². The van der Waals surface area contributed by atoms with Gasteiger partial charge in [0, 0.05) is 25.4 Å². The number of hydrogen-bond donors (Lipinski definition) is 1. The SMILES string of the molecule is CC(C)COCCC(=O)Nc1ccc(S(=O)(=O)N2CCCCC2)cc1. The van der Waals surface area contributed by atoms with Crippen LogP contribution in [0.4, 0.5) is 5.69 Å². The van der Waals surface area contributed by atoms with Crippen LogP contribution in [0.3, 0.4) is 0 Å². The molecular weight excluding hydrogens is 340 g/mol.